The van der Waals surface area contributed by atoms with Crippen LogP contribution in [0.3, 0.4) is 0 Å². The second-order valence-electron chi connectivity index (χ2n) is 7.09. The van der Waals surface area contributed by atoms with E-state index < -0.39 is 17.7 Å². The Morgan fingerprint density at radius 2 is 1.84 bits per heavy atom. The molecule has 0 spiro atoms. The lowest BCUT2D eigenvalue weighted by Gasteiger charge is -2.38. The lowest BCUT2D eigenvalue weighted by Crippen LogP contribution is -2.55. The average Bonchev–Trinajstić information content (AvgIpc) is 2.45. The number of hydrogen-bond acceptors (Lipinski definition) is 5. The summed E-state index contributed by atoms with van der Waals surface area (Å²) in [6, 6.07) is 5.06. The minimum absolute atomic E-state index is 0.195. The zero-order chi connectivity index (χ0) is 18.8. The molecule has 1 heterocycles. The van der Waals surface area contributed by atoms with Gasteiger partial charge in [-0.25, -0.2) is 9.59 Å². The number of anilines is 1. The summed E-state index contributed by atoms with van der Waals surface area (Å²) in [5, 5.41) is 2.77. The van der Waals surface area contributed by atoms with E-state index in [0.717, 1.165) is 5.56 Å². The van der Waals surface area contributed by atoms with Crippen molar-refractivity contribution in [3.63, 3.8) is 0 Å². The largest absolute Gasteiger partial charge is 0.465 e. The second-order valence-corrected chi connectivity index (χ2v) is 7.09. The maximum atomic E-state index is 12.3. The third kappa shape index (κ3) is 4.71. The summed E-state index contributed by atoms with van der Waals surface area (Å²) in [5.74, 6) is -0.941. The molecule has 1 aliphatic heterocycles. The zero-order valence-corrected chi connectivity index (χ0v) is 15.2. The van der Waals surface area contributed by atoms with Crippen LogP contribution >= 0.6 is 0 Å². The van der Waals surface area contributed by atoms with Gasteiger partial charge in [0.1, 0.15) is 5.60 Å². The first kappa shape index (κ1) is 18.8. The van der Waals surface area contributed by atoms with Crippen molar-refractivity contribution in [3.05, 3.63) is 29.3 Å². The molecule has 2 rings (SSSR count). The first-order valence-corrected chi connectivity index (χ1v) is 8.08. The van der Waals surface area contributed by atoms with Crippen molar-refractivity contribution in [1.82, 2.24) is 4.90 Å². The van der Waals surface area contributed by atoms with E-state index >= 15 is 0 Å². The van der Waals surface area contributed by atoms with E-state index in [1.807, 2.05) is 0 Å². The Bertz CT molecular complexity index is 687. The first-order chi connectivity index (χ1) is 11.6. The molecule has 1 aromatic carbocycles. The topological polar surface area (TPSA) is 84.9 Å². The van der Waals surface area contributed by atoms with Crippen LogP contribution in [0.2, 0.25) is 0 Å². The van der Waals surface area contributed by atoms with Crippen LogP contribution in [0.5, 0.6) is 0 Å². The molecule has 25 heavy (non-hydrogen) atoms. The minimum atomic E-state index is -0.559. The molecule has 1 N–H and O–H groups in total. The van der Waals surface area contributed by atoms with Crippen molar-refractivity contribution in [3.8, 4) is 0 Å². The molecule has 7 heteroatoms. The van der Waals surface area contributed by atoms with Crippen molar-refractivity contribution < 1.29 is 23.9 Å². The smallest absolute Gasteiger partial charge is 0.410 e. The van der Waals surface area contributed by atoms with Gasteiger partial charge >= 0.3 is 12.1 Å². The fraction of sp³-hybridized carbons (Fsp3) is 0.500. The summed E-state index contributed by atoms with van der Waals surface area (Å²) in [6.45, 7) is 7.82. The van der Waals surface area contributed by atoms with Gasteiger partial charge in [0.15, 0.2) is 0 Å². The molecule has 0 bridgehead atoms. The third-order valence-corrected chi connectivity index (χ3v) is 3.81. The lowest BCUT2D eigenvalue weighted by atomic mass is 9.99. The number of aryl methyl sites for hydroxylation is 1. The molecule has 1 fully saturated rings. The number of ether oxygens (including phenoxy) is 2. The van der Waals surface area contributed by atoms with Crippen LogP contribution in [-0.2, 0) is 14.3 Å². The number of rotatable bonds is 3. The van der Waals surface area contributed by atoms with E-state index in [9.17, 15) is 14.4 Å². The summed E-state index contributed by atoms with van der Waals surface area (Å²) in [4.78, 5) is 37.4. The number of methoxy groups -OCH3 is 1. The van der Waals surface area contributed by atoms with Crippen molar-refractivity contribution in [1.29, 1.82) is 0 Å². The monoisotopic (exact) mass is 348 g/mol. The molecule has 0 saturated carbocycles. The van der Waals surface area contributed by atoms with Crippen molar-refractivity contribution in [2.75, 3.05) is 25.5 Å². The van der Waals surface area contributed by atoms with Gasteiger partial charge in [0.25, 0.3) is 0 Å². The molecule has 136 valence electrons. The van der Waals surface area contributed by atoms with E-state index in [0.29, 0.717) is 24.3 Å². The normalized spacial score (nSPS) is 14.5. The predicted molar refractivity (Wildman–Crippen MR) is 92.4 cm³/mol. The van der Waals surface area contributed by atoms with Crippen LogP contribution in [0.15, 0.2) is 18.2 Å². The van der Waals surface area contributed by atoms with Gasteiger partial charge in [-0.15, -0.1) is 0 Å². The summed E-state index contributed by atoms with van der Waals surface area (Å²) in [7, 11) is 1.31. The summed E-state index contributed by atoms with van der Waals surface area (Å²) in [6.07, 6.45) is -0.417. The Hall–Kier alpha value is -2.57. The molecule has 0 unspecified atom stereocenters. The Labute approximate surface area is 147 Å². The van der Waals surface area contributed by atoms with E-state index in [1.165, 1.54) is 12.0 Å². The minimum Gasteiger partial charge on any atom is -0.465 e. The van der Waals surface area contributed by atoms with Crippen LogP contribution in [0.4, 0.5) is 10.5 Å². The van der Waals surface area contributed by atoms with Gasteiger partial charge in [-0.1, -0.05) is 6.07 Å². The fourth-order valence-corrected chi connectivity index (χ4v) is 2.39. The quantitative estimate of drug-likeness (QED) is 0.849. The Morgan fingerprint density at radius 3 is 2.40 bits per heavy atom. The highest BCUT2D eigenvalue weighted by atomic mass is 16.6. The number of carbonyl (C=O) groups is 3. The SMILES string of the molecule is COC(=O)c1cc(NC(=O)C2CN(C(=O)OC(C)(C)C)C2)ccc1C. The molecule has 0 atom stereocenters. The van der Waals surface area contributed by atoms with Crippen LogP contribution in [0.25, 0.3) is 0 Å². The van der Waals surface area contributed by atoms with Crippen molar-refractivity contribution >= 4 is 23.7 Å². The van der Waals surface area contributed by atoms with E-state index in [2.05, 4.69) is 5.32 Å². The number of hydrogen-bond donors (Lipinski definition) is 1. The van der Waals surface area contributed by atoms with Crippen molar-refractivity contribution in [2.24, 2.45) is 5.92 Å². The van der Waals surface area contributed by atoms with Gasteiger partial charge in [-0.3, -0.25) is 4.79 Å². The average molecular weight is 348 g/mol. The van der Waals surface area contributed by atoms with Gasteiger partial charge in [-0.05, 0) is 45.4 Å². The standard InChI is InChI=1S/C18H24N2O5/c1-11-6-7-13(8-14(11)16(22)24-5)19-15(21)12-9-20(10-12)17(23)25-18(2,3)4/h6-8,12H,9-10H2,1-5H3,(H,19,21). The van der Waals surface area contributed by atoms with Crippen LogP contribution in [-0.4, -0.2) is 48.7 Å². The Balaban J connectivity index is 1.92. The molecule has 1 aliphatic rings. The number of carbonyl (C=O) groups excluding carboxylic acids is 3. The molecule has 2 amide bonds. The number of esters is 1. The summed E-state index contributed by atoms with van der Waals surface area (Å²) >= 11 is 0. The summed E-state index contributed by atoms with van der Waals surface area (Å²) in [5.41, 5.74) is 1.14. The van der Waals surface area contributed by atoms with E-state index in [4.69, 9.17) is 9.47 Å². The second kappa shape index (κ2) is 7.13. The molecule has 1 saturated heterocycles. The highest BCUT2D eigenvalue weighted by molar-refractivity contribution is 5.97. The molecule has 0 aromatic heterocycles. The lowest BCUT2D eigenvalue weighted by molar-refractivity contribution is -0.124. The van der Waals surface area contributed by atoms with Crippen molar-refractivity contribution in [2.45, 2.75) is 33.3 Å². The Morgan fingerprint density at radius 1 is 1.20 bits per heavy atom. The van der Waals surface area contributed by atoms with Gasteiger partial charge in [-0.2, -0.15) is 0 Å². The molecule has 1 aromatic rings. The maximum absolute atomic E-state index is 12.3. The zero-order valence-electron chi connectivity index (χ0n) is 15.2. The number of amides is 2. The molecular formula is C18H24N2O5. The third-order valence-electron chi connectivity index (χ3n) is 3.81. The highest BCUT2D eigenvalue weighted by Gasteiger charge is 2.37. The Kier molecular flexibility index (Phi) is 5.35. The van der Waals surface area contributed by atoms with Gasteiger partial charge in [0.05, 0.1) is 18.6 Å². The number of nitrogens with one attached hydrogen (secondary N) is 1. The highest BCUT2D eigenvalue weighted by Crippen LogP contribution is 2.22. The molecule has 0 radical (unpaired) electrons. The van der Waals surface area contributed by atoms with E-state index in [1.54, 1.807) is 45.9 Å². The number of nitrogens with zero attached hydrogens (tertiary/aromatic N) is 1. The predicted octanol–water partition coefficient (Wildman–Crippen LogP) is 2.59. The van der Waals surface area contributed by atoms with E-state index in [-0.39, 0.29) is 11.8 Å². The van der Waals surface area contributed by atoms with Gasteiger partial charge in [0.2, 0.25) is 5.91 Å². The fourth-order valence-electron chi connectivity index (χ4n) is 2.39. The first-order valence-electron chi connectivity index (χ1n) is 8.08. The van der Waals surface area contributed by atoms with Crippen LogP contribution in [0.1, 0.15) is 36.7 Å². The van der Waals surface area contributed by atoms with Crippen LogP contribution < -0.4 is 5.32 Å². The summed E-state index contributed by atoms with van der Waals surface area (Å²) < 4.78 is 9.99. The maximum Gasteiger partial charge on any atom is 0.410 e. The molecular weight excluding hydrogens is 324 g/mol. The number of likely N-dealkylation sites (tertiary alicyclic amines) is 1. The van der Waals surface area contributed by atoms with Crippen LogP contribution in [0, 0.1) is 12.8 Å². The molecule has 7 nitrogen and oxygen atoms in total. The number of benzene rings is 1. The van der Waals surface area contributed by atoms with Gasteiger partial charge < -0.3 is 19.7 Å². The van der Waals surface area contributed by atoms with Gasteiger partial charge in [0, 0.05) is 18.8 Å². The molecule has 0 aliphatic carbocycles.